The van der Waals surface area contributed by atoms with Crippen LogP contribution in [-0.4, -0.2) is 25.6 Å². The van der Waals surface area contributed by atoms with E-state index in [2.05, 4.69) is 4.98 Å². The van der Waals surface area contributed by atoms with Crippen LogP contribution in [0, 0.1) is 0 Å². The molecule has 0 atom stereocenters. The predicted molar refractivity (Wildman–Crippen MR) is 105 cm³/mol. The Morgan fingerprint density at radius 2 is 1.68 bits per heavy atom. The fourth-order valence-corrected chi connectivity index (χ4v) is 3.16. The maximum atomic E-state index is 13.2. The van der Waals surface area contributed by atoms with E-state index in [1.54, 1.807) is 24.3 Å². The van der Waals surface area contributed by atoms with Crippen molar-refractivity contribution >= 4 is 11.6 Å². The summed E-state index contributed by atoms with van der Waals surface area (Å²) < 4.78 is 1.38. The summed E-state index contributed by atoms with van der Waals surface area (Å²) in [5, 5.41) is 18.7. The fourth-order valence-electron chi connectivity index (χ4n) is 3.16. The van der Waals surface area contributed by atoms with Crippen LogP contribution in [0.2, 0.25) is 0 Å². The van der Waals surface area contributed by atoms with Gasteiger partial charge in [-0.05, 0) is 17.2 Å². The number of nitrogens with zero attached hydrogens (tertiary/aromatic N) is 2. The van der Waals surface area contributed by atoms with E-state index in [4.69, 9.17) is 5.11 Å². The van der Waals surface area contributed by atoms with Crippen molar-refractivity contribution in [1.82, 2.24) is 9.38 Å². The lowest BCUT2D eigenvalue weighted by Crippen LogP contribution is -2.18. The first-order valence-electron chi connectivity index (χ1n) is 8.65. The number of rotatable bonds is 4. The highest BCUT2D eigenvalue weighted by molar-refractivity contribution is 5.82. The molecule has 0 saturated heterocycles. The van der Waals surface area contributed by atoms with Crippen molar-refractivity contribution < 1.29 is 15.0 Å². The number of aromatic nitrogens is 2. The van der Waals surface area contributed by atoms with Crippen molar-refractivity contribution in [1.29, 1.82) is 0 Å². The van der Waals surface area contributed by atoms with Crippen LogP contribution in [0.4, 0.5) is 0 Å². The van der Waals surface area contributed by atoms with Crippen LogP contribution in [0.1, 0.15) is 5.56 Å². The molecule has 6 nitrogen and oxygen atoms in total. The molecule has 2 N–H and O–H groups in total. The van der Waals surface area contributed by atoms with Gasteiger partial charge in [-0.25, -0.2) is 4.98 Å². The molecule has 0 aliphatic heterocycles. The van der Waals surface area contributed by atoms with Crippen LogP contribution in [0.5, 0.6) is 5.75 Å². The first kappa shape index (κ1) is 17.5. The third-order valence-electron chi connectivity index (χ3n) is 4.46. The zero-order chi connectivity index (χ0) is 19.7. The minimum absolute atomic E-state index is 0.0247. The fraction of sp³-hybridized carbons (Fsp3) is 0.0455. The van der Waals surface area contributed by atoms with Gasteiger partial charge in [0, 0.05) is 17.8 Å². The topological polar surface area (TPSA) is 91.9 Å². The molecule has 0 amide bonds. The Morgan fingerprint density at radius 1 is 0.964 bits per heavy atom. The maximum Gasteiger partial charge on any atom is 0.307 e. The molecule has 2 aromatic heterocycles. The van der Waals surface area contributed by atoms with Gasteiger partial charge >= 0.3 is 5.97 Å². The van der Waals surface area contributed by atoms with Gasteiger partial charge < -0.3 is 10.2 Å². The highest BCUT2D eigenvalue weighted by Crippen LogP contribution is 2.29. The molecule has 2 aromatic carbocycles. The van der Waals surface area contributed by atoms with Crippen molar-refractivity contribution in [2.75, 3.05) is 0 Å². The Bertz CT molecular complexity index is 1230. The molecule has 0 saturated carbocycles. The van der Waals surface area contributed by atoms with E-state index in [0.29, 0.717) is 28.0 Å². The van der Waals surface area contributed by atoms with Gasteiger partial charge in [-0.2, -0.15) is 0 Å². The molecule has 28 heavy (non-hydrogen) atoms. The largest absolute Gasteiger partial charge is 0.508 e. The summed E-state index contributed by atoms with van der Waals surface area (Å²) in [5.74, 6) is -0.887. The SMILES string of the molecule is O=C(O)Cc1ccc(-c2c(-c3ccccc3)nc3cc(O)ccn3c2=O)cc1. The summed E-state index contributed by atoms with van der Waals surface area (Å²) in [5.41, 5.74) is 3.06. The average molecular weight is 372 g/mol. The van der Waals surface area contributed by atoms with Crippen LogP contribution < -0.4 is 5.56 Å². The number of carbonyl (C=O) groups is 1. The monoisotopic (exact) mass is 372 g/mol. The standard InChI is InChI=1S/C22H16N2O4/c25-17-10-11-24-18(13-17)23-21(16-4-2-1-3-5-16)20(22(24)28)15-8-6-14(7-9-15)12-19(26)27/h1-11,13,25H,12H2,(H,26,27). The van der Waals surface area contributed by atoms with E-state index < -0.39 is 5.97 Å². The number of aromatic hydroxyl groups is 1. The van der Waals surface area contributed by atoms with Crippen LogP contribution in [0.3, 0.4) is 0 Å². The lowest BCUT2D eigenvalue weighted by atomic mass is 9.98. The highest BCUT2D eigenvalue weighted by atomic mass is 16.4. The molecule has 0 aliphatic rings. The Morgan fingerprint density at radius 3 is 2.36 bits per heavy atom. The van der Waals surface area contributed by atoms with Gasteiger partial charge in [0.2, 0.25) is 0 Å². The Balaban J connectivity index is 1.98. The van der Waals surface area contributed by atoms with Gasteiger partial charge in [-0.15, -0.1) is 0 Å². The molecule has 4 aromatic rings. The lowest BCUT2D eigenvalue weighted by molar-refractivity contribution is -0.136. The molecule has 0 unspecified atom stereocenters. The number of hydrogen-bond acceptors (Lipinski definition) is 4. The third kappa shape index (κ3) is 3.23. The van der Waals surface area contributed by atoms with Crippen molar-refractivity contribution in [2.24, 2.45) is 0 Å². The predicted octanol–water partition coefficient (Wildman–Crippen LogP) is 3.36. The normalized spacial score (nSPS) is 10.9. The van der Waals surface area contributed by atoms with Crippen LogP contribution in [-0.2, 0) is 11.2 Å². The Labute approximate surface area is 160 Å². The summed E-state index contributed by atoms with van der Waals surface area (Å²) in [6.07, 6.45) is 1.40. The summed E-state index contributed by atoms with van der Waals surface area (Å²) in [7, 11) is 0. The zero-order valence-electron chi connectivity index (χ0n) is 14.7. The smallest absolute Gasteiger partial charge is 0.307 e. The molecule has 2 heterocycles. The summed E-state index contributed by atoms with van der Waals surface area (Å²) in [6.45, 7) is 0. The molecule has 4 rings (SSSR count). The number of carboxylic acids is 1. The van der Waals surface area contributed by atoms with E-state index in [-0.39, 0.29) is 17.7 Å². The second-order valence-corrected chi connectivity index (χ2v) is 6.39. The van der Waals surface area contributed by atoms with Crippen LogP contribution >= 0.6 is 0 Å². The number of pyridine rings is 1. The molecule has 138 valence electrons. The number of benzene rings is 2. The first-order chi connectivity index (χ1) is 13.5. The first-order valence-corrected chi connectivity index (χ1v) is 8.65. The van der Waals surface area contributed by atoms with E-state index in [9.17, 15) is 14.7 Å². The second-order valence-electron chi connectivity index (χ2n) is 6.39. The second kappa shape index (κ2) is 7.00. The van der Waals surface area contributed by atoms with E-state index in [0.717, 1.165) is 5.56 Å². The van der Waals surface area contributed by atoms with Gasteiger partial charge in [-0.1, -0.05) is 54.6 Å². The van der Waals surface area contributed by atoms with Crippen molar-refractivity contribution in [3.05, 3.63) is 88.8 Å². The Kier molecular flexibility index (Phi) is 4.37. The Hall–Kier alpha value is -3.93. The molecular weight excluding hydrogens is 356 g/mol. The van der Waals surface area contributed by atoms with Gasteiger partial charge in [0.05, 0.1) is 17.7 Å². The minimum atomic E-state index is -0.912. The molecule has 0 aliphatic carbocycles. The van der Waals surface area contributed by atoms with E-state index in [1.807, 2.05) is 30.3 Å². The molecule has 0 radical (unpaired) electrons. The maximum absolute atomic E-state index is 13.2. The molecule has 6 heteroatoms. The minimum Gasteiger partial charge on any atom is -0.508 e. The van der Waals surface area contributed by atoms with Crippen molar-refractivity contribution in [3.8, 4) is 28.1 Å². The van der Waals surface area contributed by atoms with E-state index >= 15 is 0 Å². The zero-order valence-corrected chi connectivity index (χ0v) is 14.7. The van der Waals surface area contributed by atoms with Gasteiger partial charge in [-0.3, -0.25) is 14.0 Å². The van der Waals surface area contributed by atoms with Crippen LogP contribution in [0.15, 0.2) is 77.7 Å². The highest BCUT2D eigenvalue weighted by Gasteiger charge is 2.17. The van der Waals surface area contributed by atoms with Gasteiger partial charge in [0.15, 0.2) is 0 Å². The average Bonchev–Trinajstić information content (AvgIpc) is 2.69. The molecule has 0 bridgehead atoms. The lowest BCUT2D eigenvalue weighted by Gasteiger charge is -2.12. The van der Waals surface area contributed by atoms with Crippen molar-refractivity contribution in [2.45, 2.75) is 6.42 Å². The molecule has 0 spiro atoms. The summed E-state index contributed by atoms with van der Waals surface area (Å²) >= 11 is 0. The van der Waals surface area contributed by atoms with Gasteiger partial charge in [0.25, 0.3) is 5.56 Å². The van der Waals surface area contributed by atoms with Gasteiger partial charge in [0.1, 0.15) is 11.4 Å². The number of carboxylic acid groups (broad SMARTS) is 1. The molecule has 0 fully saturated rings. The van der Waals surface area contributed by atoms with Crippen molar-refractivity contribution in [3.63, 3.8) is 0 Å². The number of hydrogen-bond donors (Lipinski definition) is 2. The number of aliphatic carboxylic acids is 1. The van der Waals surface area contributed by atoms with Crippen LogP contribution in [0.25, 0.3) is 28.0 Å². The summed E-state index contributed by atoms with van der Waals surface area (Å²) in [6, 6.07) is 19.1. The summed E-state index contributed by atoms with van der Waals surface area (Å²) in [4.78, 5) is 28.8. The van der Waals surface area contributed by atoms with E-state index in [1.165, 1.54) is 22.7 Å². The number of fused-ring (bicyclic) bond motifs is 1. The molecular formula is C22H16N2O4. The quantitative estimate of drug-likeness (QED) is 0.573. The third-order valence-corrected chi connectivity index (χ3v) is 4.46.